The maximum absolute atomic E-state index is 13.6. The van der Waals surface area contributed by atoms with Gasteiger partial charge >= 0.3 is 0 Å². The van der Waals surface area contributed by atoms with Crippen LogP contribution in [0.5, 0.6) is 5.75 Å². The molecule has 0 aliphatic carbocycles. The van der Waals surface area contributed by atoms with Gasteiger partial charge < -0.3 is 24.5 Å². The van der Waals surface area contributed by atoms with Crippen LogP contribution in [-0.2, 0) is 31.1 Å². The normalized spacial score (nSPS) is 20.6. The van der Waals surface area contributed by atoms with Gasteiger partial charge in [0, 0.05) is 43.8 Å². The van der Waals surface area contributed by atoms with Gasteiger partial charge in [-0.2, -0.15) is 4.31 Å². The third kappa shape index (κ3) is 6.56. The second-order valence-corrected chi connectivity index (χ2v) is 15.5. The summed E-state index contributed by atoms with van der Waals surface area (Å²) in [5.74, 6) is 0.202. The molecule has 11 nitrogen and oxygen atoms in total. The third-order valence-corrected chi connectivity index (χ3v) is 12.1. The summed E-state index contributed by atoms with van der Waals surface area (Å²) in [6.07, 6.45) is 2.11. The summed E-state index contributed by atoms with van der Waals surface area (Å²) in [5.41, 5.74) is -2.36. The number of aliphatic hydroxyl groups excluding tert-OH is 1. The lowest BCUT2D eigenvalue weighted by Gasteiger charge is -2.38. The zero-order valence-electron chi connectivity index (χ0n) is 24.7. The van der Waals surface area contributed by atoms with Gasteiger partial charge in [0.25, 0.3) is 0 Å². The van der Waals surface area contributed by atoms with Crippen molar-refractivity contribution in [2.45, 2.75) is 72.7 Å². The monoisotopic (exact) mass is 651 g/mol. The Hall–Kier alpha value is -2.88. The number of halogens is 1. The number of aromatic nitrogens is 1. The fourth-order valence-corrected chi connectivity index (χ4v) is 8.31. The average molecular weight is 652 g/mol. The van der Waals surface area contributed by atoms with Crippen LogP contribution in [0, 0.1) is 0 Å². The smallest absolute Gasteiger partial charge is 0.248 e. The van der Waals surface area contributed by atoms with E-state index in [1.807, 2.05) is 13.0 Å². The Labute approximate surface area is 256 Å². The standard InChI is InChI=1S/C30H38FN3O8S2/c1-3-33-18-28(29(36)26-9-4-5-10-27(26)33)44(39,40)34-13-11-30(12-14-34)16-22(19-42-30)32-17-23(35)20-41-24-7-6-8-25(15-24)43(37,38)21(2)31/h4-10,15,18,21-23,32,35H,3,11-14,16-17,19-20H2,1-2H3/t21?,22-,23+/m1/s1. The summed E-state index contributed by atoms with van der Waals surface area (Å²) in [7, 11) is -8.11. The van der Waals surface area contributed by atoms with Crippen LogP contribution in [0.15, 0.2) is 69.3 Å². The number of pyridine rings is 1. The first-order valence-electron chi connectivity index (χ1n) is 14.6. The van der Waals surface area contributed by atoms with Crippen LogP contribution >= 0.6 is 0 Å². The molecule has 5 rings (SSSR count). The molecule has 0 radical (unpaired) electrons. The van der Waals surface area contributed by atoms with E-state index in [-0.39, 0.29) is 47.8 Å². The number of para-hydroxylation sites is 1. The van der Waals surface area contributed by atoms with Crippen LogP contribution in [0.4, 0.5) is 4.39 Å². The number of aliphatic hydroxyl groups is 1. The van der Waals surface area contributed by atoms with Gasteiger partial charge in [-0.15, -0.1) is 0 Å². The van der Waals surface area contributed by atoms with Crippen LogP contribution in [0.1, 0.15) is 33.1 Å². The minimum Gasteiger partial charge on any atom is -0.491 e. The summed E-state index contributed by atoms with van der Waals surface area (Å²) in [6, 6.07) is 12.4. The molecule has 3 heterocycles. The molecule has 2 fully saturated rings. The molecule has 1 aromatic heterocycles. The first-order chi connectivity index (χ1) is 20.9. The first kappa shape index (κ1) is 32.5. The maximum Gasteiger partial charge on any atom is 0.248 e. The van der Waals surface area contributed by atoms with E-state index in [0.717, 1.165) is 6.92 Å². The van der Waals surface area contributed by atoms with E-state index in [9.17, 15) is 31.1 Å². The van der Waals surface area contributed by atoms with Crippen molar-refractivity contribution in [2.75, 3.05) is 32.8 Å². The van der Waals surface area contributed by atoms with Gasteiger partial charge in [-0.05, 0) is 63.4 Å². The molecule has 44 heavy (non-hydrogen) atoms. The van der Waals surface area contributed by atoms with Gasteiger partial charge in [-0.3, -0.25) is 4.79 Å². The number of nitrogens with one attached hydrogen (secondary N) is 1. The minimum absolute atomic E-state index is 0.0652. The van der Waals surface area contributed by atoms with E-state index in [1.165, 1.54) is 34.8 Å². The molecule has 240 valence electrons. The number of ether oxygens (including phenoxy) is 2. The summed E-state index contributed by atoms with van der Waals surface area (Å²) >= 11 is 0. The lowest BCUT2D eigenvalue weighted by molar-refractivity contribution is -0.0312. The molecule has 2 aliphatic rings. The summed E-state index contributed by atoms with van der Waals surface area (Å²) < 4.78 is 79.7. The number of fused-ring (bicyclic) bond motifs is 1. The molecule has 0 bridgehead atoms. The molecule has 2 aliphatic heterocycles. The van der Waals surface area contributed by atoms with E-state index in [1.54, 1.807) is 22.8 Å². The largest absolute Gasteiger partial charge is 0.491 e. The number of aryl methyl sites for hydroxylation is 1. The highest BCUT2D eigenvalue weighted by molar-refractivity contribution is 7.91. The second kappa shape index (κ2) is 12.9. The van der Waals surface area contributed by atoms with E-state index >= 15 is 0 Å². The van der Waals surface area contributed by atoms with E-state index in [4.69, 9.17) is 9.47 Å². The number of sulfone groups is 1. The Morgan fingerprint density at radius 3 is 2.57 bits per heavy atom. The number of sulfonamides is 1. The van der Waals surface area contributed by atoms with Gasteiger partial charge in [0.05, 0.1) is 22.6 Å². The number of hydrogen-bond donors (Lipinski definition) is 2. The van der Waals surface area contributed by atoms with E-state index in [2.05, 4.69) is 5.32 Å². The van der Waals surface area contributed by atoms with Gasteiger partial charge in [0.1, 0.15) is 23.4 Å². The van der Waals surface area contributed by atoms with Gasteiger partial charge in [0.2, 0.25) is 30.8 Å². The van der Waals surface area contributed by atoms with Crippen LogP contribution in [-0.4, -0.2) is 86.9 Å². The molecule has 2 N–H and O–H groups in total. The van der Waals surface area contributed by atoms with Crippen LogP contribution in [0.2, 0.25) is 0 Å². The van der Waals surface area contributed by atoms with Crippen molar-refractivity contribution in [3.05, 3.63) is 65.0 Å². The highest BCUT2D eigenvalue weighted by Crippen LogP contribution is 2.37. The summed E-state index contributed by atoms with van der Waals surface area (Å²) in [4.78, 5) is 12.8. The predicted molar refractivity (Wildman–Crippen MR) is 163 cm³/mol. The molecular formula is C30H38FN3O8S2. The molecule has 2 saturated heterocycles. The number of alkyl halides is 1. The summed E-state index contributed by atoms with van der Waals surface area (Å²) in [6.45, 7) is 4.30. The molecule has 3 aromatic rings. The Balaban J connectivity index is 1.14. The fraction of sp³-hybridized carbons (Fsp3) is 0.500. The molecule has 2 aromatic carbocycles. The van der Waals surface area contributed by atoms with E-state index in [0.29, 0.717) is 43.3 Å². The van der Waals surface area contributed by atoms with Crippen molar-refractivity contribution in [1.82, 2.24) is 14.2 Å². The van der Waals surface area contributed by atoms with Crippen molar-refractivity contribution in [3.63, 3.8) is 0 Å². The maximum atomic E-state index is 13.6. The zero-order valence-corrected chi connectivity index (χ0v) is 26.3. The van der Waals surface area contributed by atoms with Crippen molar-refractivity contribution in [1.29, 1.82) is 0 Å². The molecular weight excluding hydrogens is 613 g/mol. The van der Waals surface area contributed by atoms with Crippen molar-refractivity contribution < 1.29 is 35.8 Å². The Morgan fingerprint density at radius 2 is 1.86 bits per heavy atom. The van der Waals surface area contributed by atoms with E-state index < -0.39 is 42.5 Å². The zero-order chi connectivity index (χ0) is 31.7. The SMILES string of the molecule is CCn1cc(S(=O)(=O)N2CCC3(CC2)C[C@@H](NC[C@H](O)COc2cccc(S(=O)(=O)C(C)F)c2)CO3)c(=O)c2ccccc21. The van der Waals surface area contributed by atoms with Crippen molar-refractivity contribution in [3.8, 4) is 5.75 Å². The lowest BCUT2D eigenvalue weighted by Crippen LogP contribution is -2.47. The number of nitrogens with zero attached hydrogens (tertiary/aromatic N) is 2. The van der Waals surface area contributed by atoms with Crippen molar-refractivity contribution in [2.24, 2.45) is 0 Å². The minimum atomic E-state index is -4.10. The van der Waals surface area contributed by atoms with Gasteiger partial charge in [0.15, 0.2) is 0 Å². The highest BCUT2D eigenvalue weighted by Gasteiger charge is 2.45. The van der Waals surface area contributed by atoms with Crippen LogP contribution in [0.25, 0.3) is 10.9 Å². The quantitative estimate of drug-likeness (QED) is 0.320. The van der Waals surface area contributed by atoms with Gasteiger partial charge in [-0.25, -0.2) is 21.2 Å². The Kier molecular flexibility index (Phi) is 9.50. The average Bonchev–Trinajstić information content (AvgIpc) is 3.41. The first-order valence-corrected chi connectivity index (χ1v) is 17.6. The molecule has 0 amide bonds. The molecule has 0 saturated carbocycles. The third-order valence-electron chi connectivity index (χ3n) is 8.40. The molecule has 1 unspecified atom stereocenters. The van der Waals surface area contributed by atoms with Crippen LogP contribution in [0.3, 0.4) is 0 Å². The fourth-order valence-electron chi connectivity index (χ4n) is 5.84. The molecule has 14 heteroatoms. The highest BCUT2D eigenvalue weighted by atomic mass is 32.2. The predicted octanol–water partition coefficient (Wildman–Crippen LogP) is 2.45. The van der Waals surface area contributed by atoms with Crippen LogP contribution < -0.4 is 15.5 Å². The Morgan fingerprint density at radius 1 is 1.14 bits per heavy atom. The van der Waals surface area contributed by atoms with Gasteiger partial charge in [-0.1, -0.05) is 18.2 Å². The lowest BCUT2D eigenvalue weighted by atomic mass is 9.88. The topological polar surface area (TPSA) is 144 Å². The Bertz CT molecular complexity index is 1770. The number of piperidine rings is 1. The summed E-state index contributed by atoms with van der Waals surface area (Å²) in [5, 5.41) is 14.1. The second-order valence-electron chi connectivity index (χ2n) is 11.4. The molecule has 1 spiro atoms. The number of benzene rings is 2. The number of hydrogen-bond acceptors (Lipinski definition) is 9. The van der Waals surface area contributed by atoms with Crippen molar-refractivity contribution >= 4 is 30.8 Å². The molecule has 3 atom stereocenters. The number of rotatable bonds is 11.